The summed E-state index contributed by atoms with van der Waals surface area (Å²) in [6, 6.07) is 6.89. The molecule has 0 atom stereocenters. The zero-order valence-corrected chi connectivity index (χ0v) is 18.6. The number of anilines is 1. The summed E-state index contributed by atoms with van der Waals surface area (Å²) in [5, 5.41) is 8.13. The van der Waals surface area contributed by atoms with Gasteiger partial charge in [-0.05, 0) is 38.0 Å². The number of imidazole rings is 1. The van der Waals surface area contributed by atoms with Crippen molar-refractivity contribution in [3.05, 3.63) is 36.4 Å². The van der Waals surface area contributed by atoms with Crippen molar-refractivity contribution in [3.63, 3.8) is 0 Å². The average Bonchev–Trinajstić information content (AvgIpc) is 3.37. The Kier molecular flexibility index (Phi) is 5.18. The highest BCUT2D eigenvalue weighted by Crippen LogP contribution is 2.29. The monoisotopic (exact) mass is 450 g/mol. The summed E-state index contributed by atoms with van der Waals surface area (Å²) in [4.78, 5) is 16.4. The van der Waals surface area contributed by atoms with Gasteiger partial charge < -0.3 is 14.6 Å². The highest BCUT2D eigenvalue weighted by atomic mass is 19.1. The van der Waals surface area contributed by atoms with Crippen molar-refractivity contribution >= 4 is 22.6 Å². The minimum atomic E-state index is -0.453. The number of morpholine rings is 1. The van der Waals surface area contributed by atoms with Gasteiger partial charge in [0.05, 0.1) is 37.2 Å². The Morgan fingerprint density at radius 1 is 1.15 bits per heavy atom. The van der Waals surface area contributed by atoms with Crippen LogP contribution in [0.15, 0.2) is 30.6 Å². The largest absolute Gasteiger partial charge is 0.379 e. The molecular formula is C23H27FN8O. The predicted octanol–water partition coefficient (Wildman–Crippen LogP) is 2.69. The van der Waals surface area contributed by atoms with Crippen molar-refractivity contribution in [2.45, 2.75) is 38.4 Å². The van der Waals surface area contributed by atoms with Crippen LogP contribution in [0.1, 0.15) is 18.7 Å². The summed E-state index contributed by atoms with van der Waals surface area (Å²) < 4.78 is 22.1. The molecule has 0 aromatic carbocycles. The van der Waals surface area contributed by atoms with Crippen LogP contribution < -0.4 is 5.32 Å². The van der Waals surface area contributed by atoms with Crippen LogP contribution in [0.4, 0.5) is 10.3 Å². The summed E-state index contributed by atoms with van der Waals surface area (Å²) in [6.45, 7) is 5.40. The van der Waals surface area contributed by atoms with Crippen LogP contribution >= 0.6 is 0 Å². The Morgan fingerprint density at radius 3 is 2.82 bits per heavy atom. The van der Waals surface area contributed by atoms with E-state index < -0.39 is 6.67 Å². The predicted molar refractivity (Wildman–Crippen MR) is 123 cm³/mol. The molecule has 1 aliphatic carbocycles. The van der Waals surface area contributed by atoms with E-state index in [1.54, 1.807) is 0 Å². The van der Waals surface area contributed by atoms with Crippen LogP contribution in [0, 0.1) is 6.92 Å². The van der Waals surface area contributed by atoms with Crippen LogP contribution in [0.3, 0.4) is 0 Å². The molecule has 33 heavy (non-hydrogen) atoms. The quantitative estimate of drug-likeness (QED) is 0.483. The Morgan fingerprint density at radius 2 is 2.00 bits per heavy atom. The van der Waals surface area contributed by atoms with E-state index in [4.69, 9.17) is 9.72 Å². The van der Waals surface area contributed by atoms with E-state index in [1.807, 2.05) is 46.6 Å². The zero-order valence-electron chi connectivity index (χ0n) is 18.6. The third-order valence-electron chi connectivity index (χ3n) is 6.79. The first-order chi connectivity index (χ1) is 16.2. The maximum Gasteiger partial charge on any atom is 0.241 e. The smallest absolute Gasteiger partial charge is 0.241 e. The van der Waals surface area contributed by atoms with Crippen LogP contribution in [-0.2, 0) is 11.3 Å². The summed E-state index contributed by atoms with van der Waals surface area (Å²) >= 11 is 0. The van der Waals surface area contributed by atoms with Gasteiger partial charge in [-0.25, -0.2) is 23.9 Å². The van der Waals surface area contributed by atoms with Crippen molar-refractivity contribution in [1.82, 2.24) is 34.0 Å². The number of fused-ring (bicyclic) bond motifs is 2. The molecule has 1 N–H and O–H groups in total. The molecule has 172 valence electrons. The van der Waals surface area contributed by atoms with Gasteiger partial charge in [-0.3, -0.25) is 4.90 Å². The molecule has 9 nitrogen and oxygen atoms in total. The number of pyridine rings is 1. The molecular weight excluding hydrogens is 423 g/mol. The van der Waals surface area contributed by atoms with Gasteiger partial charge in [0, 0.05) is 36.9 Å². The average molecular weight is 451 g/mol. The third-order valence-corrected chi connectivity index (χ3v) is 6.79. The molecule has 4 aromatic rings. The SMILES string of the molecule is Cc1nc2ccc(-c3ccn4nc(NC5CC(N6CCOCC6)C5)ncc34)nc2n1CCF. The fraction of sp³-hybridized carbons (Fsp3) is 0.478. The molecule has 1 aliphatic heterocycles. The van der Waals surface area contributed by atoms with Gasteiger partial charge in [-0.1, -0.05) is 0 Å². The van der Waals surface area contributed by atoms with Gasteiger partial charge in [0.25, 0.3) is 0 Å². The number of nitrogens with one attached hydrogen (secondary N) is 1. The maximum absolute atomic E-state index is 13.0. The number of nitrogens with zero attached hydrogens (tertiary/aromatic N) is 7. The molecule has 0 spiro atoms. The molecule has 0 unspecified atom stereocenters. The highest BCUT2D eigenvalue weighted by molar-refractivity contribution is 5.82. The minimum Gasteiger partial charge on any atom is -0.379 e. The molecule has 5 heterocycles. The fourth-order valence-electron chi connectivity index (χ4n) is 4.93. The van der Waals surface area contributed by atoms with Crippen molar-refractivity contribution in [1.29, 1.82) is 0 Å². The lowest BCUT2D eigenvalue weighted by molar-refractivity contribution is -0.00443. The second-order valence-corrected chi connectivity index (χ2v) is 8.79. The van der Waals surface area contributed by atoms with Crippen molar-refractivity contribution < 1.29 is 9.13 Å². The van der Waals surface area contributed by atoms with E-state index in [-0.39, 0.29) is 6.54 Å². The highest BCUT2D eigenvalue weighted by Gasteiger charge is 2.34. The minimum absolute atomic E-state index is 0.251. The van der Waals surface area contributed by atoms with Crippen LogP contribution in [0.25, 0.3) is 27.9 Å². The number of aromatic nitrogens is 6. The number of hydrogen-bond acceptors (Lipinski definition) is 7. The number of rotatable bonds is 6. The molecule has 10 heteroatoms. The first-order valence-corrected chi connectivity index (χ1v) is 11.5. The van der Waals surface area contributed by atoms with E-state index in [0.717, 1.165) is 67.3 Å². The third kappa shape index (κ3) is 3.72. The lowest BCUT2D eigenvalue weighted by atomic mass is 9.85. The van der Waals surface area contributed by atoms with E-state index >= 15 is 0 Å². The van der Waals surface area contributed by atoms with Gasteiger partial charge in [-0.2, -0.15) is 0 Å². The van der Waals surface area contributed by atoms with E-state index in [9.17, 15) is 4.39 Å². The molecule has 0 amide bonds. The van der Waals surface area contributed by atoms with Gasteiger partial charge >= 0.3 is 0 Å². The van der Waals surface area contributed by atoms with Gasteiger partial charge in [0.15, 0.2) is 5.65 Å². The van der Waals surface area contributed by atoms with Crippen LogP contribution in [0.5, 0.6) is 0 Å². The number of alkyl halides is 1. The van der Waals surface area contributed by atoms with Gasteiger partial charge in [-0.15, -0.1) is 5.10 Å². The maximum atomic E-state index is 13.0. The van der Waals surface area contributed by atoms with Crippen LogP contribution in [-0.4, -0.2) is 79.1 Å². The lowest BCUT2D eigenvalue weighted by Gasteiger charge is -2.44. The van der Waals surface area contributed by atoms with Gasteiger partial charge in [0.2, 0.25) is 5.95 Å². The lowest BCUT2D eigenvalue weighted by Crippen LogP contribution is -2.53. The van der Waals surface area contributed by atoms with E-state index in [1.165, 1.54) is 0 Å². The number of hydrogen-bond donors (Lipinski definition) is 1. The first kappa shape index (κ1) is 20.5. The molecule has 1 saturated heterocycles. The summed E-state index contributed by atoms with van der Waals surface area (Å²) in [5.74, 6) is 1.40. The Labute approximate surface area is 190 Å². The summed E-state index contributed by atoms with van der Waals surface area (Å²) in [7, 11) is 0. The second-order valence-electron chi connectivity index (χ2n) is 8.79. The second kappa shape index (κ2) is 8.35. The van der Waals surface area contributed by atoms with E-state index in [0.29, 0.717) is 23.7 Å². The van der Waals surface area contributed by atoms with Crippen LogP contribution in [0.2, 0.25) is 0 Å². The Bertz CT molecular complexity index is 1290. The summed E-state index contributed by atoms with van der Waals surface area (Å²) in [6.07, 6.45) is 5.96. The van der Waals surface area contributed by atoms with Crippen molar-refractivity contribution in [3.8, 4) is 11.3 Å². The Hall–Kier alpha value is -3.11. The molecule has 0 bridgehead atoms. The molecule has 2 aliphatic rings. The van der Waals surface area contributed by atoms with Gasteiger partial charge in [0.1, 0.15) is 18.0 Å². The zero-order chi connectivity index (χ0) is 22.4. The number of halogens is 1. The normalized spacial score (nSPS) is 21.5. The standard InChI is InChI=1S/C23H27FN8O/c1-15-26-20-3-2-19(28-22(20)31(15)7-5-24)18-4-6-32-21(18)14-25-23(29-32)27-16-12-17(13-16)30-8-10-33-11-9-30/h2-4,6,14,16-17H,5,7-13H2,1H3,(H,27,29). The Balaban J connectivity index is 1.20. The van der Waals surface area contributed by atoms with Crippen molar-refractivity contribution in [2.75, 3.05) is 38.3 Å². The summed E-state index contributed by atoms with van der Waals surface area (Å²) in [5.41, 5.74) is 4.07. The molecule has 1 saturated carbocycles. The first-order valence-electron chi connectivity index (χ1n) is 11.5. The van der Waals surface area contributed by atoms with Crippen molar-refractivity contribution in [2.24, 2.45) is 0 Å². The molecule has 0 radical (unpaired) electrons. The number of ether oxygens (including phenoxy) is 1. The topological polar surface area (TPSA) is 85.4 Å². The molecule has 4 aromatic heterocycles. The fourth-order valence-corrected chi connectivity index (χ4v) is 4.93. The molecule has 6 rings (SSSR count). The number of aryl methyl sites for hydroxylation is 2. The molecule has 2 fully saturated rings. The van der Waals surface area contributed by atoms with E-state index in [2.05, 4.69) is 25.3 Å².